The number of hydrogen-bond donors (Lipinski definition) is 2. The molecular weight excluding hydrogens is 213 g/mol. The lowest BCUT2D eigenvalue weighted by atomic mass is 9.80. The predicted octanol–water partition coefficient (Wildman–Crippen LogP) is 0.598. The molecule has 3 nitrogen and oxygen atoms in total. The molecule has 1 aliphatic carbocycles. The van der Waals surface area contributed by atoms with Crippen LogP contribution < -0.4 is 5.46 Å². The van der Waals surface area contributed by atoms with Crippen molar-refractivity contribution in [3.63, 3.8) is 0 Å². The topological polar surface area (TPSA) is 43.7 Å². The highest BCUT2D eigenvalue weighted by Crippen LogP contribution is 2.26. The Morgan fingerprint density at radius 2 is 1.88 bits per heavy atom. The summed E-state index contributed by atoms with van der Waals surface area (Å²) >= 11 is 0. The Labute approximate surface area is 103 Å². The Bertz CT molecular complexity index is 349. The van der Waals surface area contributed by atoms with Crippen LogP contribution in [-0.4, -0.2) is 35.7 Å². The van der Waals surface area contributed by atoms with E-state index in [0.29, 0.717) is 5.46 Å². The standard InChI is InChI=1S/C13H20BNO2/c1-15(9-11-3-2-4-11)10-12-5-7-13(8-6-12)14(16)17/h5-8,11,16-17H,2-4,9-10H2,1H3. The van der Waals surface area contributed by atoms with E-state index >= 15 is 0 Å². The molecule has 2 rings (SSSR count). The van der Waals surface area contributed by atoms with Gasteiger partial charge in [0.05, 0.1) is 0 Å². The number of benzene rings is 1. The monoisotopic (exact) mass is 233 g/mol. The summed E-state index contributed by atoms with van der Waals surface area (Å²) in [5.41, 5.74) is 1.77. The maximum Gasteiger partial charge on any atom is 0.488 e. The Morgan fingerprint density at radius 1 is 1.24 bits per heavy atom. The SMILES string of the molecule is CN(Cc1ccc(B(O)O)cc1)CC1CCC1. The van der Waals surface area contributed by atoms with Gasteiger partial charge in [0.25, 0.3) is 0 Å². The quantitative estimate of drug-likeness (QED) is 0.732. The molecule has 0 amide bonds. The van der Waals surface area contributed by atoms with Crippen LogP contribution in [0.3, 0.4) is 0 Å². The van der Waals surface area contributed by atoms with Crippen LogP contribution >= 0.6 is 0 Å². The molecule has 0 atom stereocenters. The van der Waals surface area contributed by atoms with E-state index in [0.717, 1.165) is 12.5 Å². The van der Waals surface area contributed by atoms with Gasteiger partial charge in [-0.1, -0.05) is 30.7 Å². The molecule has 0 unspecified atom stereocenters. The molecule has 0 aromatic heterocycles. The van der Waals surface area contributed by atoms with E-state index in [-0.39, 0.29) is 0 Å². The first-order valence-corrected chi connectivity index (χ1v) is 6.28. The first-order valence-electron chi connectivity index (χ1n) is 6.28. The number of rotatable bonds is 5. The highest BCUT2D eigenvalue weighted by Gasteiger charge is 2.19. The van der Waals surface area contributed by atoms with Crippen molar-refractivity contribution in [3.05, 3.63) is 29.8 Å². The Hall–Kier alpha value is -0.835. The van der Waals surface area contributed by atoms with Crippen LogP contribution in [0.5, 0.6) is 0 Å². The van der Waals surface area contributed by atoms with Crippen molar-refractivity contribution in [2.45, 2.75) is 25.8 Å². The Morgan fingerprint density at radius 3 is 2.35 bits per heavy atom. The van der Waals surface area contributed by atoms with Gasteiger partial charge >= 0.3 is 7.12 Å². The molecule has 1 fully saturated rings. The molecule has 0 heterocycles. The number of hydrogen-bond acceptors (Lipinski definition) is 3. The molecule has 1 aliphatic rings. The van der Waals surface area contributed by atoms with E-state index < -0.39 is 7.12 Å². The van der Waals surface area contributed by atoms with Gasteiger partial charge in [-0.05, 0) is 36.8 Å². The van der Waals surface area contributed by atoms with E-state index in [2.05, 4.69) is 11.9 Å². The van der Waals surface area contributed by atoms with Crippen LogP contribution in [0.1, 0.15) is 24.8 Å². The van der Waals surface area contributed by atoms with Crippen molar-refractivity contribution in [2.75, 3.05) is 13.6 Å². The average Bonchev–Trinajstić information content (AvgIpc) is 2.24. The molecular formula is C13H20BNO2. The predicted molar refractivity (Wildman–Crippen MR) is 69.9 cm³/mol. The fourth-order valence-electron chi connectivity index (χ4n) is 2.29. The summed E-state index contributed by atoms with van der Waals surface area (Å²) in [6.45, 7) is 2.10. The maximum atomic E-state index is 9.00. The van der Waals surface area contributed by atoms with Crippen LogP contribution in [0.4, 0.5) is 0 Å². The summed E-state index contributed by atoms with van der Waals surface area (Å²) in [6, 6.07) is 7.48. The van der Waals surface area contributed by atoms with E-state index in [9.17, 15) is 0 Å². The zero-order chi connectivity index (χ0) is 12.3. The fourth-order valence-corrected chi connectivity index (χ4v) is 2.29. The van der Waals surface area contributed by atoms with Crippen LogP contribution in [0.15, 0.2) is 24.3 Å². The Kier molecular flexibility index (Phi) is 4.21. The summed E-state index contributed by atoms with van der Waals surface area (Å²) in [5, 5.41) is 18.0. The van der Waals surface area contributed by atoms with Gasteiger partial charge in [-0.2, -0.15) is 0 Å². The minimum Gasteiger partial charge on any atom is -0.423 e. The minimum absolute atomic E-state index is 0.551. The van der Waals surface area contributed by atoms with Gasteiger partial charge in [0, 0.05) is 13.1 Å². The highest BCUT2D eigenvalue weighted by atomic mass is 16.4. The van der Waals surface area contributed by atoms with Crippen molar-refractivity contribution < 1.29 is 10.0 Å². The lowest BCUT2D eigenvalue weighted by Crippen LogP contribution is -2.30. The molecule has 0 saturated heterocycles. The van der Waals surface area contributed by atoms with Crippen LogP contribution in [-0.2, 0) is 6.54 Å². The second-order valence-electron chi connectivity index (χ2n) is 5.11. The molecule has 4 heteroatoms. The van der Waals surface area contributed by atoms with E-state index in [1.54, 1.807) is 12.1 Å². The second-order valence-corrected chi connectivity index (χ2v) is 5.11. The van der Waals surface area contributed by atoms with Crippen molar-refractivity contribution >= 4 is 12.6 Å². The first-order chi connectivity index (χ1) is 8.15. The van der Waals surface area contributed by atoms with Crippen LogP contribution in [0.2, 0.25) is 0 Å². The molecule has 2 N–H and O–H groups in total. The smallest absolute Gasteiger partial charge is 0.423 e. The zero-order valence-electron chi connectivity index (χ0n) is 10.3. The van der Waals surface area contributed by atoms with E-state index in [1.165, 1.54) is 31.4 Å². The maximum absolute atomic E-state index is 9.00. The van der Waals surface area contributed by atoms with Crippen LogP contribution in [0.25, 0.3) is 0 Å². The van der Waals surface area contributed by atoms with Gasteiger partial charge in [0.1, 0.15) is 0 Å². The van der Waals surface area contributed by atoms with Crippen molar-refractivity contribution in [2.24, 2.45) is 5.92 Å². The van der Waals surface area contributed by atoms with Crippen molar-refractivity contribution in [1.29, 1.82) is 0 Å². The van der Waals surface area contributed by atoms with Gasteiger partial charge in [-0.15, -0.1) is 0 Å². The van der Waals surface area contributed by atoms with E-state index in [4.69, 9.17) is 10.0 Å². The third-order valence-electron chi connectivity index (χ3n) is 3.52. The molecule has 92 valence electrons. The fraction of sp³-hybridized carbons (Fsp3) is 0.538. The second kappa shape index (κ2) is 5.67. The molecule has 0 radical (unpaired) electrons. The van der Waals surface area contributed by atoms with Gasteiger partial charge < -0.3 is 14.9 Å². The highest BCUT2D eigenvalue weighted by molar-refractivity contribution is 6.58. The molecule has 17 heavy (non-hydrogen) atoms. The molecule has 1 aromatic carbocycles. The molecule has 0 bridgehead atoms. The molecule has 1 saturated carbocycles. The summed E-state index contributed by atoms with van der Waals surface area (Å²) < 4.78 is 0. The molecule has 0 spiro atoms. The van der Waals surface area contributed by atoms with E-state index in [1.807, 2.05) is 12.1 Å². The van der Waals surface area contributed by atoms with Gasteiger partial charge in [-0.25, -0.2) is 0 Å². The Balaban J connectivity index is 1.84. The average molecular weight is 233 g/mol. The third-order valence-corrected chi connectivity index (χ3v) is 3.52. The molecule has 0 aliphatic heterocycles. The minimum atomic E-state index is -1.36. The first kappa shape index (κ1) is 12.6. The van der Waals surface area contributed by atoms with Crippen molar-refractivity contribution in [1.82, 2.24) is 4.90 Å². The summed E-state index contributed by atoms with van der Waals surface area (Å²) in [7, 11) is 0.782. The third kappa shape index (κ3) is 3.56. The lowest BCUT2D eigenvalue weighted by Gasteiger charge is -2.30. The largest absolute Gasteiger partial charge is 0.488 e. The summed E-state index contributed by atoms with van der Waals surface area (Å²) in [5.74, 6) is 0.888. The number of nitrogens with zero attached hydrogens (tertiary/aromatic N) is 1. The van der Waals surface area contributed by atoms with Gasteiger partial charge in [-0.3, -0.25) is 0 Å². The zero-order valence-corrected chi connectivity index (χ0v) is 10.3. The summed E-state index contributed by atoms with van der Waals surface area (Å²) in [6.07, 6.45) is 4.14. The van der Waals surface area contributed by atoms with Crippen molar-refractivity contribution in [3.8, 4) is 0 Å². The molecule has 1 aromatic rings. The van der Waals surface area contributed by atoms with Gasteiger partial charge in [0.15, 0.2) is 0 Å². The normalized spacial score (nSPS) is 16.0. The lowest BCUT2D eigenvalue weighted by molar-refractivity contribution is 0.200. The summed E-state index contributed by atoms with van der Waals surface area (Å²) in [4.78, 5) is 2.34. The van der Waals surface area contributed by atoms with Gasteiger partial charge in [0.2, 0.25) is 0 Å². The van der Waals surface area contributed by atoms with Crippen LogP contribution in [0, 0.1) is 5.92 Å².